The molecule has 2 aromatic carbocycles. The molecule has 0 radical (unpaired) electrons. The summed E-state index contributed by atoms with van der Waals surface area (Å²) in [5.41, 5.74) is 2.77. The van der Waals surface area contributed by atoms with Crippen LogP contribution in [0.15, 0.2) is 29.8 Å². The van der Waals surface area contributed by atoms with Crippen LogP contribution in [0.5, 0.6) is 28.7 Å². The van der Waals surface area contributed by atoms with Crippen LogP contribution in [0.3, 0.4) is 0 Å². The Hall–Kier alpha value is -3.15. The molecule has 1 aliphatic carbocycles. The zero-order valence-corrected chi connectivity index (χ0v) is 17.2. The third-order valence-corrected chi connectivity index (χ3v) is 5.17. The molecule has 0 heterocycles. The molecule has 154 valence electrons. The first-order valence-corrected chi connectivity index (χ1v) is 9.48. The van der Waals surface area contributed by atoms with Gasteiger partial charge in [0.25, 0.3) is 0 Å². The summed E-state index contributed by atoms with van der Waals surface area (Å²) >= 11 is 0. The molecule has 1 aliphatic rings. The number of benzene rings is 2. The highest BCUT2D eigenvalue weighted by Gasteiger charge is 2.22. The van der Waals surface area contributed by atoms with Crippen molar-refractivity contribution in [2.75, 3.05) is 28.4 Å². The molecule has 0 saturated heterocycles. The number of hydrogen-bond acceptors (Lipinski definition) is 6. The summed E-state index contributed by atoms with van der Waals surface area (Å²) < 4.78 is 21.3. The number of methoxy groups -OCH3 is 4. The highest BCUT2D eigenvalue weighted by atomic mass is 16.5. The predicted octanol–water partition coefficient (Wildman–Crippen LogP) is 4.42. The average molecular weight is 398 g/mol. The van der Waals surface area contributed by atoms with E-state index in [4.69, 9.17) is 18.9 Å². The summed E-state index contributed by atoms with van der Waals surface area (Å²) in [6.45, 7) is 0. The molecule has 6 heteroatoms. The van der Waals surface area contributed by atoms with Crippen molar-refractivity contribution in [1.29, 1.82) is 0 Å². The van der Waals surface area contributed by atoms with Crippen molar-refractivity contribution in [2.45, 2.75) is 25.7 Å². The van der Waals surface area contributed by atoms with E-state index in [1.54, 1.807) is 18.2 Å². The second-order valence-corrected chi connectivity index (χ2v) is 6.80. The topological polar surface area (TPSA) is 74.2 Å². The number of carbonyl (C=O) groups is 1. The van der Waals surface area contributed by atoms with Crippen molar-refractivity contribution in [3.8, 4) is 28.7 Å². The zero-order valence-electron chi connectivity index (χ0n) is 17.2. The highest BCUT2D eigenvalue weighted by molar-refractivity contribution is 6.12. The molecule has 0 aliphatic heterocycles. The minimum absolute atomic E-state index is 0.104. The Morgan fingerprint density at radius 1 is 0.862 bits per heavy atom. The number of carbonyl (C=O) groups excluding carboxylic acids is 1. The Kier molecular flexibility index (Phi) is 6.32. The van der Waals surface area contributed by atoms with Gasteiger partial charge in [-0.05, 0) is 55.5 Å². The van der Waals surface area contributed by atoms with E-state index in [0.29, 0.717) is 40.6 Å². The molecule has 0 unspecified atom stereocenters. The minimum atomic E-state index is -0.104. The van der Waals surface area contributed by atoms with Crippen LogP contribution in [-0.2, 0) is 6.42 Å². The maximum atomic E-state index is 13.3. The van der Waals surface area contributed by atoms with Gasteiger partial charge in [0.1, 0.15) is 0 Å². The molecule has 2 aromatic rings. The van der Waals surface area contributed by atoms with Crippen LogP contribution in [0.4, 0.5) is 0 Å². The maximum Gasteiger partial charge on any atom is 0.203 e. The van der Waals surface area contributed by atoms with Crippen LogP contribution in [-0.4, -0.2) is 39.3 Å². The van der Waals surface area contributed by atoms with Crippen LogP contribution in [0.2, 0.25) is 0 Å². The van der Waals surface area contributed by atoms with E-state index in [1.807, 2.05) is 12.1 Å². The molecule has 29 heavy (non-hydrogen) atoms. The fourth-order valence-electron chi connectivity index (χ4n) is 3.65. The highest BCUT2D eigenvalue weighted by Crippen LogP contribution is 2.40. The fraction of sp³-hybridized carbons (Fsp3) is 0.348. The van der Waals surface area contributed by atoms with E-state index in [1.165, 1.54) is 28.4 Å². The summed E-state index contributed by atoms with van der Waals surface area (Å²) in [5.74, 6) is 1.79. The molecular weight excluding hydrogens is 372 g/mol. The van der Waals surface area contributed by atoms with Gasteiger partial charge in [-0.15, -0.1) is 0 Å². The molecule has 6 nitrogen and oxygen atoms in total. The van der Waals surface area contributed by atoms with Crippen molar-refractivity contribution in [1.82, 2.24) is 0 Å². The molecule has 0 amide bonds. The number of rotatable bonds is 6. The minimum Gasteiger partial charge on any atom is -0.504 e. The molecule has 0 spiro atoms. The average Bonchev–Trinajstić information content (AvgIpc) is 2.73. The van der Waals surface area contributed by atoms with Crippen LogP contribution in [0.1, 0.15) is 40.7 Å². The fourth-order valence-corrected chi connectivity index (χ4v) is 3.65. The Labute approximate surface area is 170 Å². The van der Waals surface area contributed by atoms with E-state index < -0.39 is 0 Å². The van der Waals surface area contributed by atoms with Crippen molar-refractivity contribution in [3.63, 3.8) is 0 Å². The van der Waals surface area contributed by atoms with Crippen molar-refractivity contribution >= 4 is 11.9 Å². The number of Topliss-reactive ketones (excluding diaryl/α,β-unsaturated/α-hetero) is 1. The first-order valence-electron chi connectivity index (χ1n) is 9.48. The lowest BCUT2D eigenvalue weighted by molar-refractivity contribution is 0.103. The quantitative estimate of drug-likeness (QED) is 0.726. The summed E-state index contributed by atoms with van der Waals surface area (Å²) in [4.78, 5) is 13.3. The Morgan fingerprint density at radius 3 is 2.07 bits per heavy atom. The number of ether oxygens (including phenoxy) is 4. The summed E-state index contributed by atoms with van der Waals surface area (Å²) in [6, 6.07) is 6.92. The van der Waals surface area contributed by atoms with Gasteiger partial charge in [-0.1, -0.05) is 6.07 Å². The number of ketones is 1. The SMILES string of the molecule is COc1ccc2c(c1O)CCCCC(C(=O)c1cc(OC)c(OC)c(OC)c1)=C2. The first-order chi connectivity index (χ1) is 14.0. The van der Waals surface area contributed by atoms with Gasteiger partial charge in [-0.3, -0.25) is 4.79 Å². The molecule has 0 aromatic heterocycles. The molecule has 3 rings (SSSR count). The van der Waals surface area contributed by atoms with Crippen LogP contribution >= 0.6 is 0 Å². The van der Waals surface area contributed by atoms with Gasteiger partial charge >= 0.3 is 0 Å². The van der Waals surface area contributed by atoms with Gasteiger partial charge in [0.05, 0.1) is 28.4 Å². The number of hydrogen-bond donors (Lipinski definition) is 1. The van der Waals surface area contributed by atoms with Crippen molar-refractivity contribution < 1.29 is 28.8 Å². The van der Waals surface area contributed by atoms with E-state index in [9.17, 15) is 9.90 Å². The lowest BCUT2D eigenvalue weighted by Gasteiger charge is -2.18. The maximum absolute atomic E-state index is 13.3. The Bertz CT molecular complexity index is 920. The van der Waals surface area contributed by atoms with Gasteiger partial charge in [0.15, 0.2) is 28.8 Å². The molecule has 0 saturated carbocycles. The number of allylic oxidation sites excluding steroid dienone is 1. The molecule has 0 bridgehead atoms. The van der Waals surface area contributed by atoms with Crippen LogP contribution in [0, 0.1) is 0 Å². The van der Waals surface area contributed by atoms with Crippen molar-refractivity contribution in [3.05, 3.63) is 46.5 Å². The predicted molar refractivity (Wildman–Crippen MR) is 111 cm³/mol. The number of fused-ring (bicyclic) bond motifs is 1. The van der Waals surface area contributed by atoms with E-state index in [2.05, 4.69) is 0 Å². The number of phenols is 1. The molecular formula is C23H26O6. The Balaban J connectivity index is 2.07. The summed E-state index contributed by atoms with van der Waals surface area (Å²) in [5, 5.41) is 10.5. The number of phenolic OH excluding ortho intramolecular Hbond substituents is 1. The number of aromatic hydroxyl groups is 1. The molecule has 0 atom stereocenters. The second kappa shape index (κ2) is 8.90. The van der Waals surface area contributed by atoms with Gasteiger partial charge in [0.2, 0.25) is 5.75 Å². The standard InChI is InChI=1S/C23H26O6/c1-26-18-10-9-14-11-15(7-5-6-8-17(14)22(18)25)21(24)16-12-19(27-2)23(29-4)20(13-16)28-3/h9-13,25H,5-8H2,1-4H3. The first kappa shape index (κ1) is 20.6. The Morgan fingerprint density at radius 2 is 1.48 bits per heavy atom. The monoisotopic (exact) mass is 398 g/mol. The van der Waals surface area contributed by atoms with Gasteiger partial charge in [0, 0.05) is 16.7 Å². The van der Waals surface area contributed by atoms with Gasteiger partial charge in [-0.2, -0.15) is 0 Å². The van der Waals surface area contributed by atoms with E-state index >= 15 is 0 Å². The van der Waals surface area contributed by atoms with Gasteiger partial charge in [-0.25, -0.2) is 0 Å². The van der Waals surface area contributed by atoms with E-state index in [0.717, 1.165) is 30.4 Å². The van der Waals surface area contributed by atoms with Gasteiger partial charge < -0.3 is 24.1 Å². The third kappa shape index (κ3) is 4.01. The molecule has 0 fully saturated rings. The van der Waals surface area contributed by atoms with E-state index in [-0.39, 0.29) is 11.5 Å². The van der Waals surface area contributed by atoms with Crippen LogP contribution < -0.4 is 18.9 Å². The smallest absolute Gasteiger partial charge is 0.203 e. The molecule has 1 N–H and O–H groups in total. The van der Waals surface area contributed by atoms with Crippen molar-refractivity contribution in [2.24, 2.45) is 0 Å². The summed E-state index contributed by atoms with van der Waals surface area (Å²) in [6.07, 6.45) is 4.97. The van der Waals surface area contributed by atoms with Crippen LogP contribution in [0.25, 0.3) is 6.08 Å². The largest absolute Gasteiger partial charge is 0.504 e. The lowest BCUT2D eigenvalue weighted by atomic mass is 9.89. The normalized spacial score (nSPS) is 13.4. The zero-order chi connectivity index (χ0) is 21.0. The third-order valence-electron chi connectivity index (χ3n) is 5.17. The second-order valence-electron chi connectivity index (χ2n) is 6.80. The summed E-state index contributed by atoms with van der Waals surface area (Å²) in [7, 11) is 6.09. The lowest BCUT2D eigenvalue weighted by Crippen LogP contribution is -2.08.